The van der Waals surface area contributed by atoms with Crippen molar-refractivity contribution in [2.24, 2.45) is 5.92 Å². The minimum atomic E-state index is -1.14. The van der Waals surface area contributed by atoms with Gasteiger partial charge in [0, 0.05) is 5.56 Å². The van der Waals surface area contributed by atoms with E-state index in [1.807, 2.05) is 0 Å². The lowest BCUT2D eigenvalue weighted by Gasteiger charge is -2.18. The van der Waals surface area contributed by atoms with E-state index in [9.17, 15) is 19.2 Å². The van der Waals surface area contributed by atoms with Crippen LogP contribution in [0.1, 0.15) is 30.5 Å². The van der Waals surface area contributed by atoms with Gasteiger partial charge < -0.3 is 24.9 Å². The van der Waals surface area contributed by atoms with Crippen molar-refractivity contribution in [3.63, 3.8) is 0 Å². The van der Waals surface area contributed by atoms with Crippen LogP contribution in [-0.4, -0.2) is 42.1 Å². The summed E-state index contributed by atoms with van der Waals surface area (Å²) < 4.78 is 10.9. The number of ether oxygens (including phenoxy) is 1. The van der Waals surface area contributed by atoms with Gasteiger partial charge in [-0.15, -0.1) is 0 Å². The van der Waals surface area contributed by atoms with Crippen molar-refractivity contribution in [3.8, 4) is 5.75 Å². The molecule has 1 aromatic heterocycles. The Bertz CT molecular complexity index is 1040. The highest BCUT2D eigenvalue weighted by Gasteiger charge is 2.23. The standard InChI is InChI=1S/C21H26N2O7/c1-10(2)19(20(26)27)23-16(24)8-22-17(25)9-29-14-6-11(3)7-15-18(14)12(4)13(5)21(28)30-15/h6-7,10,19H,8-9H2,1-5H3,(H,22,25)(H,23,24)(H,26,27). The molecule has 0 aliphatic heterocycles. The lowest BCUT2D eigenvalue weighted by Crippen LogP contribution is -2.48. The van der Waals surface area contributed by atoms with Crippen LogP contribution in [0.15, 0.2) is 21.3 Å². The summed E-state index contributed by atoms with van der Waals surface area (Å²) in [5.41, 5.74) is 1.88. The first-order valence-corrected chi connectivity index (χ1v) is 9.47. The van der Waals surface area contributed by atoms with Gasteiger partial charge in [0.1, 0.15) is 17.4 Å². The highest BCUT2D eigenvalue weighted by molar-refractivity contribution is 5.90. The van der Waals surface area contributed by atoms with E-state index in [1.165, 1.54) is 0 Å². The highest BCUT2D eigenvalue weighted by atomic mass is 16.5. The second-order valence-corrected chi connectivity index (χ2v) is 7.47. The Balaban J connectivity index is 2.04. The minimum absolute atomic E-state index is 0.299. The Morgan fingerprint density at radius 3 is 2.37 bits per heavy atom. The number of carbonyl (C=O) groups is 3. The molecule has 1 atom stereocenters. The number of nitrogens with one attached hydrogen (secondary N) is 2. The maximum atomic E-state index is 12.1. The number of carboxylic acid groups (broad SMARTS) is 1. The summed E-state index contributed by atoms with van der Waals surface area (Å²) in [6, 6.07) is 2.41. The van der Waals surface area contributed by atoms with Crippen molar-refractivity contribution < 1.29 is 28.6 Å². The summed E-state index contributed by atoms with van der Waals surface area (Å²) in [5, 5.41) is 14.5. The summed E-state index contributed by atoms with van der Waals surface area (Å²) in [6.45, 7) is 7.83. The van der Waals surface area contributed by atoms with Gasteiger partial charge in [-0.25, -0.2) is 9.59 Å². The molecule has 0 aliphatic carbocycles. The second-order valence-electron chi connectivity index (χ2n) is 7.47. The Morgan fingerprint density at radius 1 is 1.10 bits per heavy atom. The maximum Gasteiger partial charge on any atom is 0.339 e. The molecule has 9 heteroatoms. The Hall–Kier alpha value is -3.36. The fourth-order valence-electron chi connectivity index (χ4n) is 2.91. The molecule has 1 unspecified atom stereocenters. The number of hydrogen-bond acceptors (Lipinski definition) is 6. The van der Waals surface area contributed by atoms with Crippen molar-refractivity contribution >= 4 is 28.8 Å². The molecule has 1 aromatic carbocycles. The fourth-order valence-corrected chi connectivity index (χ4v) is 2.91. The molecule has 1 heterocycles. The van der Waals surface area contributed by atoms with Gasteiger partial charge in [0.25, 0.3) is 5.91 Å². The molecule has 0 aliphatic rings. The van der Waals surface area contributed by atoms with Gasteiger partial charge in [-0.2, -0.15) is 0 Å². The lowest BCUT2D eigenvalue weighted by atomic mass is 10.0. The van der Waals surface area contributed by atoms with Crippen LogP contribution < -0.4 is 21.0 Å². The molecule has 2 aromatic rings. The first kappa shape index (κ1) is 22.9. The Kier molecular flexibility index (Phi) is 7.20. The normalized spacial score (nSPS) is 11.9. The fraction of sp³-hybridized carbons (Fsp3) is 0.429. The van der Waals surface area contributed by atoms with Gasteiger partial charge in [-0.1, -0.05) is 13.8 Å². The Morgan fingerprint density at radius 2 is 1.77 bits per heavy atom. The molecule has 3 N–H and O–H groups in total. The van der Waals surface area contributed by atoms with E-state index in [4.69, 9.17) is 14.3 Å². The summed E-state index contributed by atoms with van der Waals surface area (Å²) in [5.74, 6) is -2.22. The van der Waals surface area contributed by atoms with Crippen LogP contribution in [0.4, 0.5) is 0 Å². The summed E-state index contributed by atoms with van der Waals surface area (Å²) >= 11 is 0. The number of fused-ring (bicyclic) bond motifs is 1. The number of aryl methyl sites for hydroxylation is 2. The zero-order valence-corrected chi connectivity index (χ0v) is 17.6. The average Bonchev–Trinajstić information content (AvgIpc) is 2.65. The second kappa shape index (κ2) is 9.43. The van der Waals surface area contributed by atoms with E-state index in [2.05, 4.69) is 10.6 Å². The van der Waals surface area contributed by atoms with Gasteiger partial charge in [0.2, 0.25) is 5.91 Å². The van der Waals surface area contributed by atoms with Gasteiger partial charge in [-0.05, 0) is 49.9 Å². The van der Waals surface area contributed by atoms with E-state index >= 15 is 0 Å². The summed E-state index contributed by atoms with van der Waals surface area (Å²) in [7, 11) is 0. The van der Waals surface area contributed by atoms with Crippen LogP contribution in [0.5, 0.6) is 5.75 Å². The quantitative estimate of drug-likeness (QED) is 0.552. The third-order valence-corrected chi connectivity index (χ3v) is 4.71. The number of aliphatic carboxylic acids is 1. The SMILES string of the molecule is Cc1cc(OCC(=O)NCC(=O)NC(C(=O)O)C(C)C)c2c(C)c(C)c(=O)oc2c1. The molecular weight excluding hydrogens is 392 g/mol. The van der Waals surface area contributed by atoms with Crippen LogP contribution in [0.3, 0.4) is 0 Å². The van der Waals surface area contributed by atoms with Crippen LogP contribution >= 0.6 is 0 Å². The highest BCUT2D eigenvalue weighted by Crippen LogP contribution is 2.30. The van der Waals surface area contributed by atoms with E-state index in [0.717, 1.165) is 5.56 Å². The smallest absolute Gasteiger partial charge is 0.339 e. The molecule has 0 radical (unpaired) electrons. The molecule has 0 spiro atoms. The molecule has 0 saturated carbocycles. The van der Waals surface area contributed by atoms with Crippen LogP contribution in [0.2, 0.25) is 0 Å². The van der Waals surface area contributed by atoms with Crippen LogP contribution in [-0.2, 0) is 14.4 Å². The number of carboxylic acids is 1. The third-order valence-electron chi connectivity index (χ3n) is 4.71. The van der Waals surface area contributed by atoms with E-state index < -0.39 is 29.5 Å². The van der Waals surface area contributed by atoms with Crippen molar-refractivity contribution in [2.45, 2.75) is 40.7 Å². The predicted molar refractivity (Wildman–Crippen MR) is 110 cm³/mol. The van der Waals surface area contributed by atoms with E-state index in [0.29, 0.717) is 27.8 Å². The number of amides is 2. The number of rotatable bonds is 8. The van der Waals surface area contributed by atoms with E-state index in [-0.39, 0.29) is 19.1 Å². The molecule has 0 saturated heterocycles. The zero-order chi connectivity index (χ0) is 22.6. The summed E-state index contributed by atoms with van der Waals surface area (Å²) in [6.07, 6.45) is 0. The van der Waals surface area contributed by atoms with Crippen molar-refractivity contribution in [2.75, 3.05) is 13.2 Å². The molecule has 9 nitrogen and oxygen atoms in total. The first-order valence-electron chi connectivity index (χ1n) is 9.47. The molecule has 0 fully saturated rings. The molecular formula is C21H26N2O7. The largest absolute Gasteiger partial charge is 0.483 e. The topological polar surface area (TPSA) is 135 Å². The average molecular weight is 418 g/mol. The zero-order valence-electron chi connectivity index (χ0n) is 17.6. The number of carbonyl (C=O) groups excluding carboxylic acids is 2. The molecule has 0 bridgehead atoms. The van der Waals surface area contributed by atoms with Crippen molar-refractivity contribution in [1.82, 2.24) is 10.6 Å². The van der Waals surface area contributed by atoms with Gasteiger partial charge in [-0.3, -0.25) is 9.59 Å². The molecule has 30 heavy (non-hydrogen) atoms. The van der Waals surface area contributed by atoms with Crippen molar-refractivity contribution in [3.05, 3.63) is 39.2 Å². The van der Waals surface area contributed by atoms with Gasteiger partial charge in [0.05, 0.1) is 11.9 Å². The van der Waals surface area contributed by atoms with Crippen LogP contribution in [0.25, 0.3) is 11.0 Å². The van der Waals surface area contributed by atoms with Gasteiger partial charge >= 0.3 is 11.6 Å². The Labute approximate surface area is 173 Å². The number of hydrogen-bond donors (Lipinski definition) is 3. The number of benzene rings is 1. The summed E-state index contributed by atoms with van der Waals surface area (Å²) in [4.78, 5) is 47.0. The van der Waals surface area contributed by atoms with E-state index in [1.54, 1.807) is 46.8 Å². The molecule has 2 amide bonds. The first-order chi connectivity index (χ1) is 14.0. The monoisotopic (exact) mass is 418 g/mol. The third kappa shape index (κ3) is 5.37. The molecule has 2 rings (SSSR count). The van der Waals surface area contributed by atoms with Gasteiger partial charge in [0.15, 0.2) is 6.61 Å². The van der Waals surface area contributed by atoms with Crippen LogP contribution in [0, 0.1) is 26.7 Å². The lowest BCUT2D eigenvalue weighted by molar-refractivity contribution is -0.143. The maximum absolute atomic E-state index is 12.1. The predicted octanol–water partition coefficient (Wildman–Crippen LogP) is 1.44. The minimum Gasteiger partial charge on any atom is -0.483 e. The van der Waals surface area contributed by atoms with Crippen molar-refractivity contribution in [1.29, 1.82) is 0 Å². The molecule has 162 valence electrons.